The van der Waals surface area contributed by atoms with E-state index in [2.05, 4.69) is 25.7 Å². The molecule has 0 spiro atoms. The molecule has 0 aromatic carbocycles. The van der Waals surface area contributed by atoms with E-state index in [9.17, 15) is 25.2 Å². The van der Waals surface area contributed by atoms with Crippen LogP contribution in [0.3, 0.4) is 0 Å². The van der Waals surface area contributed by atoms with Crippen LogP contribution in [-0.4, -0.2) is 44.7 Å². The summed E-state index contributed by atoms with van der Waals surface area (Å²) in [6.45, 7) is 9.70. The van der Waals surface area contributed by atoms with Crippen LogP contribution in [0.1, 0.15) is 72.1 Å². The highest BCUT2D eigenvalue weighted by molar-refractivity contribution is 5.74. The van der Waals surface area contributed by atoms with Crippen molar-refractivity contribution in [2.75, 3.05) is 0 Å². The van der Waals surface area contributed by atoms with Gasteiger partial charge in [-0.3, -0.25) is 4.79 Å². The number of allylic oxidation sites excluding steroid dienone is 5. The van der Waals surface area contributed by atoms with Gasteiger partial charge in [0.15, 0.2) is 0 Å². The fourth-order valence-corrected chi connectivity index (χ4v) is 6.08. The van der Waals surface area contributed by atoms with Gasteiger partial charge in [0.05, 0.1) is 23.7 Å². The van der Waals surface area contributed by atoms with Gasteiger partial charge in [-0.05, 0) is 82.5 Å². The molecule has 178 valence electrons. The number of hydrogen-bond acceptors (Lipinski definition) is 4. The number of aliphatic hydroxyl groups excluding tert-OH is 3. The van der Waals surface area contributed by atoms with E-state index < -0.39 is 29.7 Å². The third-order valence-electron chi connectivity index (χ3n) is 8.27. The molecule has 32 heavy (non-hydrogen) atoms. The molecule has 3 aliphatic carbocycles. The summed E-state index contributed by atoms with van der Waals surface area (Å²) in [5, 5.41) is 39.6. The third kappa shape index (κ3) is 5.11. The highest BCUT2D eigenvalue weighted by Gasteiger charge is 2.49. The first kappa shape index (κ1) is 24.9. The van der Waals surface area contributed by atoms with Crippen molar-refractivity contribution >= 4 is 5.97 Å². The van der Waals surface area contributed by atoms with E-state index >= 15 is 0 Å². The first-order valence-electron chi connectivity index (χ1n) is 12.0. The molecule has 3 rings (SSSR count). The van der Waals surface area contributed by atoms with E-state index in [4.69, 9.17) is 0 Å². The van der Waals surface area contributed by atoms with Gasteiger partial charge in [0.2, 0.25) is 0 Å². The number of carboxylic acid groups (broad SMARTS) is 1. The van der Waals surface area contributed by atoms with E-state index in [1.54, 1.807) is 6.08 Å². The fraction of sp³-hybridized carbons (Fsp3) is 0.667. The Kier molecular flexibility index (Phi) is 7.53. The molecule has 5 nitrogen and oxygen atoms in total. The Morgan fingerprint density at radius 2 is 1.84 bits per heavy atom. The molecule has 3 aliphatic rings. The van der Waals surface area contributed by atoms with Crippen molar-refractivity contribution in [1.29, 1.82) is 0 Å². The summed E-state index contributed by atoms with van der Waals surface area (Å²) >= 11 is 0. The van der Waals surface area contributed by atoms with Gasteiger partial charge in [-0.25, -0.2) is 0 Å². The summed E-state index contributed by atoms with van der Waals surface area (Å²) in [6.07, 6.45) is 13.0. The Bertz CT molecular complexity index is 808. The Balaban J connectivity index is 1.73. The quantitative estimate of drug-likeness (QED) is 0.451. The summed E-state index contributed by atoms with van der Waals surface area (Å²) in [5.74, 6) is -0.247. The maximum Gasteiger partial charge on any atom is 0.312 e. The van der Waals surface area contributed by atoms with Crippen LogP contribution in [-0.2, 0) is 4.79 Å². The second kappa shape index (κ2) is 9.66. The summed E-state index contributed by atoms with van der Waals surface area (Å²) < 4.78 is 0. The lowest BCUT2D eigenvalue weighted by Crippen LogP contribution is -2.36. The van der Waals surface area contributed by atoms with Crippen LogP contribution in [0.25, 0.3) is 0 Å². The molecule has 0 radical (unpaired) electrons. The van der Waals surface area contributed by atoms with Crippen LogP contribution in [0.2, 0.25) is 0 Å². The maximum absolute atomic E-state index is 11.4. The van der Waals surface area contributed by atoms with E-state index in [1.807, 2.05) is 6.08 Å². The van der Waals surface area contributed by atoms with Crippen molar-refractivity contribution in [1.82, 2.24) is 0 Å². The molecule has 0 unspecified atom stereocenters. The molecular weight excluding hydrogens is 404 g/mol. The number of carbonyl (C=O) groups is 1. The topological polar surface area (TPSA) is 98.0 Å². The maximum atomic E-state index is 11.4. The van der Waals surface area contributed by atoms with Gasteiger partial charge in [-0.15, -0.1) is 0 Å². The largest absolute Gasteiger partial charge is 0.481 e. The van der Waals surface area contributed by atoms with Gasteiger partial charge < -0.3 is 20.4 Å². The minimum absolute atomic E-state index is 0.100. The molecule has 0 aromatic rings. The minimum atomic E-state index is -1.24. The molecule has 0 aliphatic heterocycles. The average molecular weight is 445 g/mol. The second-order valence-electron chi connectivity index (χ2n) is 11.0. The molecule has 5 heteroatoms. The Labute approximate surface area is 192 Å². The summed E-state index contributed by atoms with van der Waals surface area (Å²) in [4.78, 5) is 11.4. The first-order valence-corrected chi connectivity index (χ1v) is 12.0. The van der Waals surface area contributed by atoms with Crippen molar-refractivity contribution in [3.05, 3.63) is 47.6 Å². The smallest absolute Gasteiger partial charge is 0.312 e. The Hall–Kier alpha value is -1.69. The lowest BCUT2D eigenvalue weighted by molar-refractivity contribution is -0.151. The van der Waals surface area contributed by atoms with Crippen LogP contribution in [0.4, 0.5) is 0 Å². The van der Waals surface area contributed by atoms with Gasteiger partial charge in [-0.2, -0.15) is 0 Å². The molecule has 6 atom stereocenters. The highest BCUT2D eigenvalue weighted by Crippen LogP contribution is 2.59. The molecule has 4 N–H and O–H groups in total. The Morgan fingerprint density at radius 1 is 1.19 bits per heavy atom. The zero-order chi connectivity index (χ0) is 23.7. The summed E-state index contributed by atoms with van der Waals surface area (Å²) in [6, 6.07) is 0. The molecule has 0 saturated heterocycles. The standard InChI is InChI=1S/C27H40O5/c1-17(7-12-24(30)26(2,3)25(31)32)22-10-11-23-19(6-5-13-27(22,23)4)9-8-18-14-20(28)16-21(29)15-18/h7-9,12,20-24,28-30H,1,5-6,10-11,13-16H2,2-4H3,(H,31,32)/b12-7+,19-9+/t20-,21-,22-,23+,24+,27-/m1/s1. The van der Waals surface area contributed by atoms with Crippen LogP contribution >= 0.6 is 0 Å². The number of carboxylic acids is 1. The highest BCUT2D eigenvalue weighted by atomic mass is 16.4. The van der Waals surface area contributed by atoms with Gasteiger partial charge in [0.25, 0.3) is 0 Å². The van der Waals surface area contributed by atoms with Crippen molar-refractivity contribution < 1.29 is 25.2 Å². The second-order valence-corrected chi connectivity index (χ2v) is 11.0. The molecule has 0 heterocycles. The molecule has 0 amide bonds. The van der Waals surface area contributed by atoms with Crippen LogP contribution in [0.15, 0.2) is 47.6 Å². The third-order valence-corrected chi connectivity index (χ3v) is 8.27. The number of fused-ring (bicyclic) bond motifs is 1. The zero-order valence-corrected chi connectivity index (χ0v) is 19.8. The normalized spacial score (nSPS) is 35.7. The predicted molar refractivity (Wildman–Crippen MR) is 126 cm³/mol. The lowest BCUT2D eigenvalue weighted by Gasteiger charge is -2.42. The number of aliphatic hydroxyl groups is 3. The molecular formula is C27H40O5. The van der Waals surface area contributed by atoms with Crippen molar-refractivity contribution in [2.24, 2.45) is 22.7 Å². The molecule has 3 saturated carbocycles. The molecule has 3 fully saturated rings. The number of rotatable bonds is 6. The van der Waals surface area contributed by atoms with E-state index in [0.717, 1.165) is 43.3 Å². The minimum Gasteiger partial charge on any atom is -0.481 e. The van der Waals surface area contributed by atoms with Crippen LogP contribution in [0, 0.1) is 22.7 Å². The van der Waals surface area contributed by atoms with E-state index in [0.29, 0.717) is 31.1 Å². The fourth-order valence-electron chi connectivity index (χ4n) is 6.08. The van der Waals surface area contributed by atoms with Gasteiger partial charge in [-0.1, -0.05) is 54.5 Å². The van der Waals surface area contributed by atoms with Gasteiger partial charge in [0.1, 0.15) is 0 Å². The Morgan fingerprint density at radius 3 is 2.47 bits per heavy atom. The average Bonchev–Trinajstić information content (AvgIpc) is 3.06. The monoisotopic (exact) mass is 444 g/mol. The number of aliphatic carboxylic acids is 1. The van der Waals surface area contributed by atoms with E-state index in [-0.39, 0.29) is 5.41 Å². The van der Waals surface area contributed by atoms with Gasteiger partial charge in [0, 0.05) is 0 Å². The van der Waals surface area contributed by atoms with Crippen LogP contribution < -0.4 is 0 Å². The SMILES string of the molecule is C=C(/C=C/[C@H](O)C(C)(C)C(=O)O)[C@H]1CC[C@H]2/C(=C/C=C3C[C@@H](O)C[C@H](O)C3)CCC[C@]12C. The molecule has 0 aromatic heterocycles. The van der Waals surface area contributed by atoms with Crippen molar-refractivity contribution in [3.8, 4) is 0 Å². The summed E-state index contributed by atoms with van der Waals surface area (Å²) in [5.41, 5.74) is 2.39. The lowest BCUT2D eigenvalue weighted by atomic mass is 9.62. The molecule has 0 bridgehead atoms. The van der Waals surface area contributed by atoms with Crippen molar-refractivity contribution in [3.63, 3.8) is 0 Å². The van der Waals surface area contributed by atoms with E-state index in [1.165, 1.54) is 19.4 Å². The van der Waals surface area contributed by atoms with Crippen molar-refractivity contribution in [2.45, 2.75) is 90.4 Å². The van der Waals surface area contributed by atoms with Gasteiger partial charge >= 0.3 is 5.97 Å². The zero-order valence-electron chi connectivity index (χ0n) is 19.8. The predicted octanol–water partition coefficient (Wildman–Crippen LogP) is 4.55. The van der Waals surface area contributed by atoms with Crippen LogP contribution in [0.5, 0.6) is 0 Å². The first-order chi connectivity index (χ1) is 14.9. The summed E-state index contributed by atoms with van der Waals surface area (Å²) in [7, 11) is 0. The number of hydrogen-bond donors (Lipinski definition) is 4.